The number of hydrogen-bond acceptors (Lipinski definition) is 8. The number of aliphatic hydroxyl groups excluding tert-OH is 1. The molecule has 3 aliphatic rings. The summed E-state index contributed by atoms with van der Waals surface area (Å²) < 4.78 is 22.8. The zero-order chi connectivity index (χ0) is 28.2. The van der Waals surface area contributed by atoms with E-state index in [0.29, 0.717) is 62.0 Å². The third-order valence-electron chi connectivity index (χ3n) is 7.73. The minimum absolute atomic E-state index is 0.0451. The molecule has 0 aromatic heterocycles. The lowest BCUT2D eigenvalue weighted by Gasteiger charge is -2.31. The van der Waals surface area contributed by atoms with Gasteiger partial charge in [-0.3, -0.25) is 14.5 Å². The second-order valence-electron chi connectivity index (χ2n) is 10.5. The first-order valence-electron chi connectivity index (χ1n) is 14.1. The number of rotatable bonds is 10. The number of methoxy groups -OCH3 is 1. The van der Waals surface area contributed by atoms with Crippen molar-refractivity contribution in [3.8, 4) is 17.2 Å². The maximum atomic E-state index is 13.5. The van der Waals surface area contributed by atoms with Crippen LogP contribution in [0.2, 0.25) is 0 Å². The number of ether oxygens (including phenoxy) is 4. The van der Waals surface area contributed by atoms with Crippen molar-refractivity contribution >= 4 is 17.4 Å². The van der Waals surface area contributed by atoms with Gasteiger partial charge in [0.25, 0.3) is 11.7 Å². The normalized spacial score (nSPS) is 22.3. The van der Waals surface area contributed by atoms with Crippen LogP contribution in [0.1, 0.15) is 49.4 Å². The highest BCUT2D eigenvalue weighted by molar-refractivity contribution is 6.46. The lowest BCUT2D eigenvalue weighted by atomic mass is 9.94. The standard InChI is InChI=1S/C31H38N2O7/c1-4-5-14-39-25-9-6-21(19-26(25)37-3)28-27(29(34)22-7-8-24-23(18-22)17-20(2)40-24)30(35)31(36)33(28)11-10-32-12-15-38-16-13-32/h6-9,18-20,28,34H,4-5,10-17H2,1-3H3/t20-,28-/m0/s1. The van der Waals surface area contributed by atoms with Crippen molar-refractivity contribution in [1.82, 2.24) is 9.80 Å². The zero-order valence-electron chi connectivity index (χ0n) is 23.5. The quantitative estimate of drug-likeness (QED) is 0.206. The monoisotopic (exact) mass is 550 g/mol. The Balaban J connectivity index is 1.53. The molecule has 1 N–H and O–H groups in total. The van der Waals surface area contributed by atoms with Gasteiger partial charge < -0.3 is 29.0 Å². The first kappa shape index (κ1) is 28.0. The molecule has 3 aliphatic heterocycles. The molecule has 214 valence electrons. The summed E-state index contributed by atoms with van der Waals surface area (Å²) in [7, 11) is 1.56. The second kappa shape index (κ2) is 12.3. The molecular formula is C31H38N2O7. The number of carbonyl (C=O) groups is 2. The predicted molar refractivity (Wildman–Crippen MR) is 150 cm³/mol. The Morgan fingerprint density at radius 3 is 2.62 bits per heavy atom. The van der Waals surface area contributed by atoms with Crippen LogP contribution in [0.5, 0.6) is 17.2 Å². The minimum Gasteiger partial charge on any atom is -0.507 e. The predicted octanol–water partition coefficient (Wildman–Crippen LogP) is 3.95. The number of benzene rings is 2. The van der Waals surface area contributed by atoms with Gasteiger partial charge in [-0.15, -0.1) is 0 Å². The van der Waals surface area contributed by atoms with Crippen LogP contribution in [0.3, 0.4) is 0 Å². The van der Waals surface area contributed by atoms with Crippen molar-refractivity contribution < 1.29 is 33.6 Å². The molecule has 1 amide bonds. The molecule has 3 heterocycles. The summed E-state index contributed by atoms with van der Waals surface area (Å²) in [4.78, 5) is 30.7. The Morgan fingerprint density at radius 1 is 1.07 bits per heavy atom. The molecule has 2 saturated heterocycles. The number of hydrogen-bond donors (Lipinski definition) is 1. The van der Waals surface area contributed by atoms with Crippen LogP contribution < -0.4 is 14.2 Å². The number of ketones is 1. The Labute approximate surface area is 235 Å². The van der Waals surface area contributed by atoms with E-state index in [-0.39, 0.29) is 17.4 Å². The van der Waals surface area contributed by atoms with E-state index in [1.54, 1.807) is 30.2 Å². The van der Waals surface area contributed by atoms with Gasteiger partial charge >= 0.3 is 0 Å². The van der Waals surface area contributed by atoms with E-state index >= 15 is 0 Å². The highest BCUT2D eigenvalue weighted by Gasteiger charge is 2.46. The average Bonchev–Trinajstić information content (AvgIpc) is 3.47. The van der Waals surface area contributed by atoms with Crippen LogP contribution in [0.25, 0.3) is 5.76 Å². The zero-order valence-corrected chi connectivity index (χ0v) is 23.5. The second-order valence-corrected chi connectivity index (χ2v) is 10.5. The van der Waals surface area contributed by atoms with Gasteiger partial charge in [0.15, 0.2) is 11.5 Å². The molecule has 0 spiro atoms. The summed E-state index contributed by atoms with van der Waals surface area (Å²) in [5.41, 5.74) is 2.19. The summed E-state index contributed by atoms with van der Waals surface area (Å²) in [6.07, 6.45) is 2.68. The molecule has 0 aliphatic carbocycles. The van der Waals surface area contributed by atoms with Gasteiger partial charge in [-0.2, -0.15) is 0 Å². The Morgan fingerprint density at radius 2 is 1.88 bits per heavy atom. The average molecular weight is 551 g/mol. The Bertz CT molecular complexity index is 1280. The summed E-state index contributed by atoms with van der Waals surface area (Å²) in [6, 6.07) is 10.1. The summed E-state index contributed by atoms with van der Waals surface area (Å²) in [5, 5.41) is 11.6. The van der Waals surface area contributed by atoms with E-state index in [1.807, 2.05) is 25.1 Å². The maximum Gasteiger partial charge on any atom is 0.295 e. The van der Waals surface area contributed by atoms with Crippen LogP contribution in [-0.4, -0.2) is 85.8 Å². The van der Waals surface area contributed by atoms with Crippen LogP contribution in [0.15, 0.2) is 42.0 Å². The number of carbonyl (C=O) groups excluding carboxylic acids is 2. The molecule has 0 radical (unpaired) electrons. The number of nitrogens with zero attached hydrogens (tertiary/aromatic N) is 2. The lowest BCUT2D eigenvalue weighted by Crippen LogP contribution is -2.42. The molecule has 2 atom stereocenters. The van der Waals surface area contributed by atoms with Crippen molar-refractivity contribution in [3.05, 3.63) is 58.7 Å². The largest absolute Gasteiger partial charge is 0.507 e. The number of unbranched alkanes of at least 4 members (excludes halogenated alkanes) is 1. The fourth-order valence-corrected chi connectivity index (χ4v) is 5.56. The smallest absolute Gasteiger partial charge is 0.295 e. The van der Waals surface area contributed by atoms with Gasteiger partial charge in [-0.05, 0) is 54.8 Å². The molecule has 40 heavy (non-hydrogen) atoms. The molecule has 0 unspecified atom stereocenters. The highest BCUT2D eigenvalue weighted by atomic mass is 16.5. The van der Waals surface area contributed by atoms with Gasteiger partial charge in [0.2, 0.25) is 0 Å². The van der Waals surface area contributed by atoms with E-state index in [9.17, 15) is 14.7 Å². The van der Waals surface area contributed by atoms with Gasteiger partial charge in [0, 0.05) is 38.2 Å². The van der Waals surface area contributed by atoms with Crippen molar-refractivity contribution in [1.29, 1.82) is 0 Å². The molecule has 2 aromatic rings. The van der Waals surface area contributed by atoms with E-state index < -0.39 is 17.7 Å². The molecule has 0 saturated carbocycles. The number of morpholine rings is 1. The molecule has 9 heteroatoms. The van der Waals surface area contributed by atoms with Crippen molar-refractivity contribution in [2.75, 3.05) is 53.1 Å². The van der Waals surface area contributed by atoms with Crippen LogP contribution in [0, 0.1) is 0 Å². The minimum atomic E-state index is -0.775. The molecule has 5 rings (SSSR count). The van der Waals surface area contributed by atoms with Crippen LogP contribution >= 0.6 is 0 Å². The third kappa shape index (κ3) is 5.67. The van der Waals surface area contributed by atoms with E-state index in [2.05, 4.69) is 11.8 Å². The van der Waals surface area contributed by atoms with E-state index in [4.69, 9.17) is 18.9 Å². The van der Waals surface area contributed by atoms with Crippen LogP contribution in [-0.2, 0) is 20.7 Å². The van der Waals surface area contributed by atoms with E-state index in [1.165, 1.54) is 0 Å². The molecule has 0 bridgehead atoms. The molecule has 2 fully saturated rings. The van der Waals surface area contributed by atoms with Crippen molar-refractivity contribution in [2.24, 2.45) is 0 Å². The Kier molecular flexibility index (Phi) is 8.61. The first-order chi connectivity index (χ1) is 19.4. The lowest BCUT2D eigenvalue weighted by molar-refractivity contribution is -0.140. The van der Waals surface area contributed by atoms with E-state index in [0.717, 1.165) is 37.2 Å². The molecule has 2 aromatic carbocycles. The summed E-state index contributed by atoms with van der Waals surface area (Å²) in [5.74, 6) is 0.363. The number of likely N-dealkylation sites (tertiary alicyclic amines) is 1. The maximum absolute atomic E-state index is 13.5. The number of aliphatic hydroxyl groups is 1. The summed E-state index contributed by atoms with van der Waals surface area (Å²) in [6.45, 7) is 8.38. The first-order valence-corrected chi connectivity index (χ1v) is 14.1. The fraction of sp³-hybridized carbons (Fsp3) is 0.484. The fourth-order valence-electron chi connectivity index (χ4n) is 5.56. The SMILES string of the molecule is CCCCOc1ccc([C@H]2C(=C(O)c3ccc4c(c3)C[C@H](C)O4)C(=O)C(=O)N2CCN2CCOCC2)cc1OC. The number of Topliss-reactive ketones (excluding diaryl/α,β-unsaturated/α-hetero) is 1. The topological polar surface area (TPSA) is 97.8 Å². The van der Waals surface area contributed by atoms with Crippen molar-refractivity contribution in [2.45, 2.75) is 45.3 Å². The summed E-state index contributed by atoms with van der Waals surface area (Å²) >= 11 is 0. The Hall–Kier alpha value is -3.56. The van der Waals surface area contributed by atoms with Gasteiger partial charge in [-0.25, -0.2) is 0 Å². The molecular weight excluding hydrogens is 512 g/mol. The number of amides is 1. The van der Waals surface area contributed by atoms with Gasteiger partial charge in [-0.1, -0.05) is 19.4 Å². The molecule has 9 nitrogen and oxygen atoms in total. The van der Waals surface area contributed by atoms with Crippen LogP contribution in [0.4, 0.5) is 0 Å². The highest BCUT2D eigenvalue weighted by Crippen LogP contribution is 2.42. The number of fused-ring (bicyclic) bond motifs is 1. The van der Waals surface area contributed by atoms with Gasteiger partial charge in [0.1, 0.15) is 17.6 Å². The van der Waals surface area contributed by atoms with Crippen molar-refractivity contribution in [3.63, 3.8) is 0 Å². The van der Waals surface area contributed by atoms with Gasteiger partial charge in [0.05, 0.1) is 38.5 Å². The third-order valence-corrected chi connectivity index (χ3v) is 7.73.